The van der Waals surface area contributed by atoms with Crippen LogP contribution in [-0.4, -0.2) is 48.9 Å². The topological polar surface area (TPSA) is 283 Å². The van der Waals surface area contributed by atoms with Gasteiger partial charge in [-0.15, -0.1) is 0 Å². The molecule has 0 bridgehead atoms. The number of aromatic amines is 1. The molecule has 6 rings (SSSR count). The van der Waals surface area contributed by atoms with Crippen molar-refractivity contribution in [3.05, 3.63) is 158 Å². The Morgan fingerprint density at radius 2 is 1.08 bits per heavy atom. The standard InChI is InChI=1S/C21H17ClF4N5O7P.C20H14ClF4N5O3/c1-20(23,24)15-5-12(18(32)31(29-15)10-37-39(34,35)36)8-30-9-28-17(21(2,25)26)16(19(30)33)38-14-4-11(7-27)3-13(22)6-14;1-19(22,23)14-5-11(17(31)29-28-14)8-30-9-27-16(20(2,24)25)15(18(30)32)33-13-4-10(7-26)3-12(21)6-13/h3-6,9H,8,10H2,1-2H3,(H2,34,35,36);3-6,9H,8H2,1-2H3,(H,29,31). The van der Waals surface area contributed by atoms with E-state index in [-0.39, 0.29) is 42.9 Å². The third kappa shape index (κ3) is 14.2. The van der Waals surface area contributed by atoms with Gasteiger partial charge in [0.05, 0.1) is 49.0 Å². The average molecular weight is 1080 g/mol. The van der Waals surface area contributed by atoms with Crippen molar-refractivity contribution in [2.24, 2.45) is 0 Å². The lowest BCUT2D eigenvalue weighted by Crippen LogP contribution is -2.33. The highest BCUT2D eigenvalue weighted by Crippen LogP contribution is 2.37. The van der Waals surface area contributed by atoms with Gasteiger partial charge < -0.3 is 19.3 Å². The quantitative estimate of drug-likeness (QED) is 0.0668. The van der Waals surface area contributed by atoms with Crippen molar-refractivity contribution in [1.82, 2.24) is 39.1 Å². The fraction of sp³-hybridized carbons (Fsp3) is 0.268. The summed E-state index contributed by atoms with van der Waals surface area (Å²) in [6, 6.07) is 12.1. The summed E-state index contributed by atoms with van der Waals surface area (Å²) in [6.45, 7) is -0.713. The summed E-state index contributed by atoms with van der Waals surface area (Å²) in [7, 11) is -5.14. The highest BCUT2D eigenvalue weighted by atomic mass is 35.5. The van der Waals surface area contributed by atoms with E-state index in [9.17, 15) is 58.9 Å². The number of aromatic nitrogens is 8. The molecule has 31 heteroatoms. The molecule has 0 aliphatic heterocycles. The molecule has 0 saturated carbocycles. The summed E-state index contributed by atoms with van der Waals surface area (Å²) in [5.41, 5.74) is -9.16. The van der Waals surface area contributed by atoms with Gasteiger partial charge in [-0.05, 0) is 48.5 Å². The number of benzene rings is 2. The van der Waals surface area contributed by atoms with Gasteiger partial charge in [-0.2, -0.15) is 55.8 Å². The zero-order chi connectivity index (χ0) is 53.9. The summed E-state index contributed by atoms with van der Waals surface area (Å²) in [5.74, 6) is -16.7. The molecule has 0 aliphatic carbocycles. The maximum Gasteiger partial charge on any atom is 0.471 e. The Hall–Kier alpha value is -7.33. The van der Waals surface area contributed by atoms with Gasteiger partial charge >= 0.3 is 7.82 Å². The van der Waals surface area contributed by atoms with Crippen LogP contribution < -0.4 is 31.7 Å². The molecule has 4 heterocycles. The van der Waals surface area contributed by atoms with Gasteiger partial charge in [0.2, 0.25) is 11.5 Å². The second kappa shape index (κ2) is 21.2. The summed E-state index contributed by atoms with van der Waals surface area (Å²) in [6.07, 6.45) is 1.37. The first kappa shape index (κ1) is 55.6. The number of hydrogen-bond donors (Lipinski definition) is 3. The lowest BCUT2D eigenvalue weighted by molar-refractivity contribution is 0.00864. The molecule has 0 radical (unpaired) electrons. The van der Waals surface area contributed by atoms with Gasteiger partial charge in [0.15, 0.2) is 18.1 Å². The number of halogens is 10. The lowest BCUT2D eigenvalue weighted by atomic mass is 10.2. The maximum absolute atomic E-state index is 14.3. The van der Waals surface area contributed by atoms with Crippen LogP contribution in [0.3, 0.4) is 0 Å². The van der Waals surface area contributed by atoms with E-state index < -0.39 is 113 Å². The smallest absolute Gasteiger partial charge is 0.449 e. The van der Waals surface area contributed by atoms with E-state index in [1.165, 1.54) is 24.3 Å². The van der Waals surface area contributed by atoms with Crippen LogP contribution in [0.1, 0.15) is 72.7 Å². The molecule has 72 heavy (non-hydrogen) atoms. The van der Waals surface area contributed by atoms with E-state index in [0.717, 1.165) is 29.1 Å². The highest BCUT2D eigenvalue weighted by molar-refractivity contribution is 7.46. The maximum atomic E-state index is 14.3. The molecule has 0 aliphatic rings. The largest absolute Gasteiger partial charge is 0.471 e. The molecular weight excluding hydrogens is 1050 g/mol. The minimum absolute atomic E-state index is 0.0130. The molecule has 20 nitrogen and oxygen atoms in total. The molecule has 0 saturated heterocycles. The van der Waals surface area contributed by atoms with Crippen LogP contribution in [0.15, 0.2) is 80.4 Å². The van der Waals surface area contributed by atoms with Crippen LogP contribution in [0, 0.1) is 22.7 Å². The normalized spacial score (nSPS) is 12.1. The van der Waals surface area contributed by atoms with Crippen LogP contribution in [0.5, 0.6) is 23.0 Å². The van der Waals surface area contributed by atoms with E-state index >= 15 is 0 Å². The minimum atomic E-state index is -5.14. The Kier molecular flexibility index (Phi) is 16.4. The Morgan fingerprint density at radius 1 is 0.653 bits per heavy atom. The van der Waals surface area contributed by atoms with Crippen molar-refractivity contribution in [3.8, 4) is 35.1 Å². The molecule has 380 valence electrons. The molecule has 3 N–H and O–H groups in total. The third-order valence-electron chi connectivity index (χ3n) is 9.12. The molecule has 0 fully saturated rings. The molecule has 0 unspecified atom stereocenters. The Bertz CT molecular complexity index is 3450. The van der Waals surface area contributed by atoms with Gasteiger partial charge in [-0.1, -0.05) is 23.2 Å². The first-order valence-electron chi connectivity index (χ1n) is 19.6. The number of phosphoric ester groups is 1. The summed E-state index contributed by atoms with van der Waals surface area (Å²) in [5, 5.41) is 26.7. The molecule has 4 aromatic heterocycles. The van der Waals surface area contributed by atoms with E-state index in [4.69, 9.17) is 53.0 Å². The van der Waals surface area contributed by atoms with Crippen molar-refractivity contribution in [2.75, 3.05) is 0 Å². The third-order valence-corrected chi connectivity index (χ3v) is 10.0. The second-order valence-electron chi connectivity index (χ2n) is 15.3. The number of alkyl halides is 8. The molecule has 0 spiro atoms. The number of ether oxygens (including phenoxy) is 2. The van der Waals surface area contributed by atoms with Crippen molar-refractivity contribution in [1.29, 1.82) is 10.5 Å². The van der Waals surface area contributed by atoms with Crippen molar-refractivity contribution in [2.45, 2.75) is 71.2 Å². The Morgan fingerprint density at radius 3 is 1.49 bits per heavy atom. The average Bonchev–Trinajstić information content (AvgIpc) is 3.25. The van der Waals surface area contributed by atoms with Crippen LogP contribution >= 0.6 is 31.0 Å². The van der Waals surface area contributed by atoms with Crippen LogP contribution in [0.25, 0.3) is 0 Å². The van der Waals surface area contributed by atoms with Gasteiger partial charge in [0.1, 0.15) is 22.9 Å². The zero-order valence-electron chi connectivity index (χ0n) is 36.8. The van der Waals surface area contributed by atoms with Crippen molar-refractivity contribution >= 4 is 31.0 Å². The first-order valence-corrected chi connectivity index (χ1v) is 21.9. The lowest BCUT2D eigenvalue weighted by Gasteiger charge is -2.18. The molecule has 0 amide bonds. The zero-order valence-corrected chi connectivity index (χ0v) is 39.2. The fourth-order valence-corrected chi connectivity index (χ4v) is 6.59. The second-order valence-corrected chi connectivity index (χ2v) is 17.4. The summed E-state index contributed by atoms with van der Waals surface area (Å²) < 4.78 is 139. The Labute approximate surface area is 407 Å². The number of phosphoric acid groups is 1. The number of H-pyrrole nitrogens is 1. The van der Waals surface area contributed by atoms with Gasteiger partial charge in [-0.25, -0.2) is 24.3 Å². The number of nitrogens with zero attached hydrogens (tertiary/aromatic N) is 9. The van der Waals surface area contributed by atoms with Crippen LogP contribution in [0.2, 0.25) is 10.0 Å². The molecule has 6 aromatic rings. The summed E-state index contributed by atoms with van der Waals surface area (Å²) >= 11 is 11.8. The van der Waals surface area contributed by atoms with Crippen LogP contribution in [-0.2, 0) is 52.6 Å². The molecule has 0 atom stereocenters. The van der Waals surface area contributed by atoms with E-state index in [2.05, 4.69) is 24.7 Å². The summed E-state index contributed by atoms with van der Waals surface area (Å²) in [4.78, 5) is 75.8. The molecular formula is C41H31Cl2F8N10O10P. The SMILES string of the molecule is CC(F)(F)c1cc(Cn2cnc(C(C)(F)F)c(Oc3cc(Cl)cc(C#N)c3)c2=O)c(=O)[nH]n1.CC(F)(F)c1cc(Cn2cnc(C(C)(F)F)c(Oc3cc(Cl)cc(C#N)c3)c2=O)c(=O)n(COP(=O)(O)O)n1. The fourth-order valence-electron chi connectivity index (χ4n) is 5.88. The predicted molar refractivity (Wildman–Crippen MR) is 232 cm³/mol. The first-order chi connectivity index (χ1) is 33.2. The van der Waals surface area contributed by atoms with Gasteiger partial charge in [-0.3, -0.25) is 32.8 Å². The van der Waals surface area contributed by atoms with Gasteiger partial charge in [0, 0.05) is 48.9 Å². The number of rotatable bonds is 15. The minimum Gasteiger partial charge on any atom is -0.449 e. The number of nitriles is 2. The van der Waals surface area contributed by atoms with E-state index in [0.29, 0.717) is 44.7 Å². The highest BCUT2D eigenvalue weighted by Gasteiger charge is 2.36. The van der Waals surface area contributed by atoms with Crippen LogP contribution in [0.4, 0.5) is 35.1 Å². The molecule has 2 aromatic carbocycles. The van der Waals surface area contributed by atoms with Crippen molar-refractivity contribution < 1.29 is 63.5 Å². The van der Waals surface area contributed by atoms with E-state index in [1.54, 1.807) is 12.1 Å². The number of hydrogen-bond acceptors (Lipinski definition) is 14. The van der Waals surface area contributed by atoms with Crippen molar-refractivity contribution in [3.63, 3.8) is 0 Å². The Balaban J connectivity index is 0.000000271. The predicted octanol–water partition coefficient (Wildman–Crippen LogP) is 7.37. The number of nitrogens with one attached hydrogen (secondary N) is 1. The van der Waals surface area contributed by atoms with E-state index in [1.807, 2.05) is 5.10 Å². The monoisotopic (exact) mass is 1080 g/mol. The van der Waals surface area contributed by atoms with Gasteiger partial charge in [0.25, 0.3) is 45.9 Å².